The van der Waals surface area contributed by atoms with Gasteiger partial charge in [-0.05, 0) is 24.6 Å². The molecule has 3 N–H and O–H groups in total. The Labute approximate surface area is 217 Å². The zero-order chi connectivity index (χ0) is 26.9. The number of halogens is 2. The van der Waals surface area contributed by atoms with Crippen molar-refractivity contribution in [1.82, 2.24) is 25.3 Å². The summed E-state index contributed by atoms with van der Waals surface area (Å²) >= 11 is 0. The number of hydrogen-bond acceptors (Lipinski definition) is 8. The van der Waals surface area contributed by atoms with E-state index < -0.39 is 38.7 Å². The average Bonchev–Trinajstić information content (AvgIpc) is 3.35. The van der Waals surface area contributed by atoms with Gasteiger partial charge in [-0.3, -0.25) is 9.52 Å². The van der Waals surface area contributed by atoms with Gasteiger partial charge in [0.2, 0.25) is 16.0 Å². The largest absolute Gasteiger partial charge is 0.345 e. The molecule has 0 atom stereocenters. The number of H-pyrrole nitrogens is 1. The van der Waals surface area contributed by atoms with Gasteiger partial charge in [-0.25, -0.2) is 32.2 Å². The number of nitrogens with one attached hydrogen (secondary N) is 3. The number of ketones is 1. The van der Waals surface area contributed by atoms with Crippen molar-refractivity contribution in [3.8, 4) is 11.1 Å². The van der Waals surface area contributed by atoms with Crippen molar-refractivity contribution in [2.24, 2.45) is 0 Å². The van der Waals surface area contributed by atoms with Gasteiger partial charge in [0.1, 0.15) is 17.2 Å². The van der Waals surface area contributed by atoms with Crippen molar-refractivity contribution in [3.63, 3.8) is 0 Å². The van der Waals surface area contributed by atoms with Crippen LogP contribution in [0.1, 0.15) is 29.3 Å². The number of aromatic nitrogens is 4. The summed E-state index contributed by atoms with van der Waals surface area (Å²) in [4.78, 5) is 31.6. The van der Waals surface area contributed by atoms with Gasteiger partial charge >= 0.3 is 0 Å². The fourth-order valence-electron chi connectivity index (χ4n) is 4.29. The number of nitrogens with zero attached hydrogens (tertiary/aromatic N) is 4. The van der Waals surface area contributed by atoms with Crippen molar-refractivity contribution < 1.29 is 22.0 Å². The summed E-state index contributed by atoms with van der Waals surface area (Å²) in [5.41, 5.74) is 0.451. The number of pyridine rings is 1. The Morgan fingerprint density at radius 2 is 1.76 bits per heavy atom. The Kier molecular flexibility index (Phi) is 7.04. The lowest BCUT2D eigenvalue weighted by Crippen LogP contribution is -2.44. The number of aromatic amines is 1. The molecule has 1 saturated heterocycles. The Hall–Kier alpha value is -3.97. The van der Waals surface area contributed by atoms with Gasteiger partial charge < -0.3 is 15.2 Å². The quantitative estimate of drug-likeness (QED) is 0.290. The first-order valence-electron chi connectivity index (χ1n) is 12.1. The van der Waals surface area contributed by atoms with Gasteiger partial charge in [-0.1, -0.05) is 6.92 Å². The summed E-state index contributed by atoms with van der Waals surface area (Å²) < 4.78 is 55.7. The predicted octanol–water partition coefficient (Wildman–Crippen LogP) is 3.09. The van der Waals surface area contributed by atoms with Crippen LogP contribution in [0.4, 0.5) is 20.4 Å². The highest BCUT2D eigenvalue weighted by atomic mass is 32.2. The molecule has 0 bridgehead atoms. The van der Waals surface area contributed by atoms with E-state index in [0.717, 1.165) is 38.3 Å². The highest BCUT2D eigenvalue weighted by molar-refractivity contribution is 7.92. The van der Waals surface area contributed by atoms with Crippen LogP contribution in [0.2, 0.25) is 0 Å². The van der Waals surface area contributed by atoms with E-state index in [0.29, 0.717) is 28.1 Å². The molecule has 38 heavy (non-hydrogen) atoms. The fourth-order valence-corrected chi connectivity index (χ4v) is 5.43. The number of sulfonamides is 1. The molecule has 10 nitrogen and oxygen atoms in total. The molecule has 0 radical (unpaired) electrons. The van der Waals surface area contributed by atoms with E-state index in [1.165, 1.54) is 6.20 Å². The molecule has 0 unspecified atom stereocenters. The number of fused-ring (bicyclic) bond motifs is 1. The Bertz CT molecular complexity index is 1600. The second-order valence-electron chi connectivity index (χ2n) is 8.87. The lowest BCUT2D eigenvalue weighted by atomic mass is 10.0. The summed E-state index contributed by atoms with van der Waals surface area (Å²) in [5.74, 6) is -2.86. The minimum absolute atomic E-state index is 0.0978. The van der Waals surface area contributed by atoms with Crippen LogP contribution in [0.25, 0.3) is 22.2 Å². The molecule has 0 spiro atoms. The summed E-state index contributed by atoms with van der Waals surface area (Å²) in [6.45, 7) is 4.96. The predicted molar refractivity (Wildman–Crippen MR) is 140 cm³/mol. The van der Waals surface area contributed by atoms with Crippen molar-refractivity contribution in [2.45, 2.75) is 13.3 Å². The number of piperazine rings is 1. The SMILES string of the molecule is CCCS(=O)(=O)Nc1c(F)ccc(C(=O)c2c[nH]c3ncc(-c4cnc(N5CCNCC5)nc4)cc23)c1F. The maximum atomic E-state index is 15.2. The normalized spacial score (nSPS) is 14.1. The van der Waals surface area contributed by atoms with Gasteiger partial charge in [-0.2, -0.15) is 0 Å². The standard InChI is InChI=1S/C25H25F2N7O3S/c1-2-9-38(36,37)33-22-20(26)4-3-17(21(22)27)23(35)19-14-30-24-18(19)10-15(11-29-24)16-12-31-25(32-13-16)34-7-5-28-6-8-34/h3-4,10-14,28,33H,2,5-9H2,1H3,(H,29,30). The first-order valence-corrected chi connectivity index (χ1v) is 13.7. The van der Waals surface area contributed by atoms with Gasteiger partial charge in [0, 0.05) is 73.0 Å². The number of carbonyl (C=O) groups is 1. The maximum Gasteiger partial charge on any atom is 0.232 e. The third kappa shape index (κ3) is 5.07. The van der Waals surface area contributed by atoms with Crippen molar-refractivity contribution in [3.05, 3.63) is 65.7 Å². The lowest BCUT2D eigenvalue weighted by Gasteiger charge is -2.27. The molecule has 4 heterocycles. The smallest absolute Gasteiger partial charge is 0.232 e. The molecular formula is C25H25F2N7O3S. The molecule has 3 aromatic heterocycles. The number of anilines is 2. The van der Waals surface area contributed by atoms with Gasteiger partial charge in [0.15, 0.2) is 11.6 Å². The molecule has 1 aliphatic heterocycles. The van der Waals surface area contributed by atoms with E-state index in [2.05, 4.69) is 30.2 Å². The topological polar surface area (TPSA) is 133 Å². The summed E-state index contributed by atoms with van der Waals surface area (Å²) in [7, 11) is -3.98. The first kappa shape index (κ1) is 25.7. The van der Waals surface area contributed by atoms with Crippen molar-refractivity contribution >= 4 is 38.5 Å². The van der Waals surface area contributed by atoms with Crippen LogP contribution in [-0.2, 0) is 10.0 Å². The maximum absolute atomic E-state index is 15.2. The van der Waals surface area contributed by atoms with Gasteiger partial charge in [0.25, 0.3) is 0 Å². The van der Waals surface area contributed by atoms with Crippen LogP contribution in [-0.4, -0.2) is 66.1 Å². The monoisotopic (exact) mass is 541 g/mol. The Morgan fingerprint density at radius 1 is 1.05 bits per heavy atom. The number of benzene rings is 1. The van der Waals surface area contributed by atoms with Crippen LogP contribution in [0, 0.1) is 11.6 Å². The highest BCUT2D eigenvalue weighted by Gasteiger charge is 2.25. The third-order valence-corrected chi connectivity index (χ3v) is 7.67. The third-order valence-electron chi connectivity index (χ3n) is 6.21. The van der Waals surface area contributed by atoms with Crippen LogP contribution < -0.4 is 14.9 Å². The van der Waals surface area contributed by atoms with Crippen LogP contribution in [0.15, 0.2) is 43.0 Å². The van der Waals surface area contributed by atoms with Crippen molar-refractivity contribution in [2.75, 3.05) is 41.6 Å². The Morgan fingerprint density at radius 3 is 2.47 bits per heavy atom. The molecule has 198 valence electrons. The molecule has 0 saturated carbocycles. The second-order valence-corrected chi connectivity index (χ2v) is 10.7. The minimum atomic E-state index is -3.98. The number of hydrogen-bond donors (Lipinski definition) is 3. The van der Waals surface area contributed by atoms with E-state index in [-0.39, 0.29) is 17.7 Å². The molecular weight excluding hydrogens is 516 g/mol. The molecule has 4 aromatic rings. The zero-order valence-electron chi connectivity index (χ0n) is 20.5. The summed E-state index contributed by atoms with van der Waals surface area (Å²) in [6.07, 6.45) is 6.60. The molecule has 1 aromatic carbocycles. The van der Waals surface area contributed by atoms with Gasteiger partial charge in [-0.15, -0.1) is 0 Å². The highest BCUT2D eigenvalue weighted by Crippen LogP contribution is 2.29. The van der Waals surface area contributed by atoms with Crippen LogP contribution in [0.3, 0.4) is 0 Å². The minimum Gasteiger partial charge on any atom is -0.345 e. The molecule has 5 rings (SSSR count). The summed E-state index contributed by atoms with van der Waals surface area (Å²) in [6, 6.07) is 3.56. The van der Waals surface area contributed by atoms with E-state index in [4.69, 9.17) is 0 Å². The zero-order valence-corrected chi connectivity index (χ0v) is 21.3. The summed E-state index contributed by atoms with van der Waals surface area (Å²) in [5, 5.41) is 3.69. The van der Waals surface area contributed by atoms with Crippen LogP contribution in [0.5, 0.6) is 0 Å². The molecule has 13 heteroatoms. The molecule has 1 aliphatic rings. The van der Waals surface area contributed by atoms with E-state index in [1.54, 1.807) is 31.6 Å². The number of rotatable bonds is 8. The second kappa shape index (κ2) is 10.4. The van der Waals surface area contributed by atoms with Crippen molar-refractivity contribution in [1.29, 1.82) is 0 Å². The average molecular weight is 542 g/mol. The molecule has 1 fully saturated rings. The molecule has 0 amide bonds. The Balaban J connectivity index is 1.47. The molecule has 0 aliphatic carbocycles. The first-order chi connectivity index (χ1) is 18.3. The van der Waals surface area contributed by atoms with Gasteiger partial charge in [0.05, 0.1) is 11.3 Å². The van der Waals surface area contributed by atoms with E-state index >= 15 is 4.39 Å². The van der Waals surface area contributed by atoms with E-state index in [1.807, 2.05) is 4.72 Å². The lowest BCUT2D eigenvalue weighted by molar-refractivity contribution is 0.103. The fraction of sp³-hybridized carbons (Fsp3) is 0.280. The van der Waals surface area contributed by atoms with Crippen LogP contribution >= 0.6 is 0 Å². The van der Waals surface area contributed by atoms with E-state index in [9.17, 15) is 17.6 Å². The number of carbonyl (C=O) groups excluding carboxylic acids is 1.